The zero-order valence-corrected chi connectivity index (χ0v) is 22.3. The van der Waals surface area contributed by atoms with Gasteiger partial charge in [-0.05, 0) is 49.6 Å². The Balaban J connectivity index is 1.47. The SMILES string of the molecule is CCCCCCCCCCCCCCCCc1ccc(C(=O)OC(C)COc2ccccc2)cc1. The third-order valence-corrected chi connectivity index (χ3v) is 6.54. The Labute approximate surface area is 214 Å². The Hall–Kier alpha value is -2.29. The molecule has 1 atom stereocenters. The molecule has 0 aromatic heterocycles. The second kappa shape index (κ2) is 19.0. The van der Waals surface area contributed by atoms with Crippen LogP contribution in [-0.2, 0) is 11.2 Å². The topological polar surface area (TPSA) is 35.5 Å². The minimum Gasteiger partial charge on any atom is -0.490 e. The van der Waals surface area contributed by atoms with Crippen LogP contribution in [0.15, 0.2) is 54.6 Å². The zero-order valence-electron chi connectivity index (χ0n) is 22.3. The number of hydrogen-bond donors (Lipinski definition) is 0. The lowest BCUT2D eigenvalue weighted by molar-refractivity contribution is 0.0228. The lowest BCUT2D eigenvalue weighted by Gasteiger charge is -2.14. The predicted molar refractivity (Wildman–Crippen MR) is 147 cm³/mol. The van der Waals surface area contributed by atoms with Gasteiger partial charge in [-0.15, -0.1) is 0 Å². The van der Waals surface area contributed by atoms with Gasteiger partial charge in [0, 0.05) is 0 Å². The van der Waals surface area contributed by atoms with E-state index < -0.39 is 0 Å². The molecule has 3 nitrogen and oxygen atoms in total. The van der Waals surface area contributed by atoms with Crippen molar-refractivity contribution in [1.29, 1.82) is 0 Å². The normalized spacial score (nSPS) is 11.8. The molecule has 0 aliphatic heterocycles. The molecule has 0 saturated carbocycles. The lowest BCUT2D eigenvalue weighted by Crippen LogP contribution is -2.22. The summed E-state index contributed by atoms with van der Waals surface area (Å²) in [4.78, 5) is 12.4. The molecule has 0 amide bonds. The third-order valence-electron chi connectivity index (χ3n) is 6.54. The van der Waals surface area contributed by atoms with E-state index in [1.165, 1.54) is 95.5 Å². The van der Waals surface area contributed by atoms with E-state index in [0.29, 0.717) is 12.2 Å². The smallest absolute Gasteiger partial charge is 0.338 e. The Bertz CT molecular complexity index is 769. The van der Waals surface area contributed by atoms with E-state index in [1.54, 1.807) is 0 Å². The second-order valence-electron chi connectivity index (χ2n) is 9.88. The summed E-state index contributed by atoms with van der Waals surface area (Å²) >= 11 is 0. The van der Waals surface area contributed by atoms with Crippen molar-refractivity contribution in [3.63, 3.8) is 0 Å². The molecule has 0 aliphatic carbocycles. The fraction of sp³-hybridized carbons (Fsp3) is 0.594. The van der Waals surface area contributed by atoms with Crippen molar-refractivity contribution < 1.29 is 14.3 Å². The molecular formula is C32H48O3. The van der Waals surface area contributed by atoms with Gasteiger partial charge in [-0.2, -0.15) is 0 Å². The van der Waals surface area contributed by atoms with Crippen molar-refractivity contribution >= 4 is 5.97 Å². The monoisotopic (exact) mass is 480 g/mol. The molecule has 0 spiro atoms. The summed E-state index contributed by atoms with van der Waals surface area (Å²) in [6.07, 6.45) is 20.1. The first kappa shape index (κ1) is 28.9. The van der Waals surface area contributed by atoms with Gasteiger partial charge in [0.25, 0.3) is 0 Å². The van der Waals surface area contributed by atoms with Gasteiger partial charge in [0.15, 0.2) is 0 Å². The number of aryl methyl sites for hydroxylation is 1. The van der Waals surface area contributed by atoms with E-state index in [0.717, 1.165) is 12.2 Å². The van der Waals surface area contributed by atoms with E-state index in [-0.39, 0.29) is 12.1 Å². The van der Waals surface area contributed by atoms with Gasteiger partial charge in [0.2, 0.25) is 0 Å². The van der Waals surface area contributed by atoms with Gasteiger partial charge in [-0.1, -0.05) is 121 Å². The Morgan fingerprint density at radius 2 is 1.20 bits per heavy atom. The number of carbonyl (C=O) groups excluding carboxylic acids is 1. The number of ether oxygens (including phenoxy) is 2. The fourth-order valence-corrected chi connectivity index (χ4v) is 4.35. The van der Waals surface area contributed by atoms with Crippen LogP contribution >= 0.6 is 0 Å². The predicted octanol–water partition coefficient (Wildman–Crippen LogP) is 9.33. The first-order valence-corrected chi connectivity index (χ1v) is 14.2. The van der Waals surface area contributed by atoms with Crippen molar-refractivity contribution in [1.82, 2.24) is 0 Å². The Kier molecular flexibility index (Phi) is 15.7. The Morgan fingerprint density at radius 3 is 1.74 bits per heavy atom. The highest BCUT2D eigenvalue weighted by Crippen LogP contribution is 2.15. The van der Waals surface area contributed by atoms with Crippen LogP contribution in [0.25, 0.3) is 0 Å². The van der Waals surface area contributed by atoms with Gasteiger partial charge in [0.1, 0.15) is 18.5 Å². The van der Waals surface area contributed by atoms with Gasteiger partial charge in [0.05, 0.1) is 5.56 Å². The van der Waals surface area contributed by atoms with Gasteiger partial charge in [-0.25, -0.2) is 4.79 Å². The van der Waals surface area contributed by atoms with Crippen LogP contribution in [-0.4, -0.2) is 18.7 Å². The average Bonchev–Trinajstić information content (AvgIpc) is 2.88. The van der Waals surface area contributed by atoms with Crippen LogP contribution in [0.1, 0.15) is 120 Å². The molecule has 35 heavy (non-hydrogen) atoms. The van der Waals surface area contributed by atoms with E-state index in [2.05, 4.69) is 19.1 Å². The Morgan fingerprint density at radius 1 is 0.686 bits per heavy atom. The molecule has 2 aromatic rings. The van der Waals surface area contributed by atoms with Crippen LogP contribution in [0.3, 0.4) is 0 Å². The second-order valence-corrected chi connectivity index (χ2v) is 9.88. The molecule has 0 radical (unpaired) electrons. The number of hydrogen-bond acceptors (Lipinski definition) is 3. The summed E-state index contributed by atoms with van der Waals surface area (Å²) in [7, 11) is 0. The number of para-hydroxylation sites is 1. The maximum atomic E-state index is 12.4. The fourth-order valence-electron chi connectivity index (χ4n) is 4.35. The highest BCUT2D eigenvalue weighted by molar-refractivity contribution is 5.89. The van der Waals surface area contributed by atoms with Crippen molar-refractivity contribution in [2.24, 2.45) is 0 Å². The average molecular weight is 481 g/mol. The maximum Gasteiger partial charge on any atom is 0.338 e. The molecule has 2 aromatic carbocycles. The van der Waals surface area contributed by atoms with Crippen LogP contribution in [0, 0.1) is 0 Å². The minimum atomic E-state index is -0.307. The standard InChI is InChI=1S/C32H48O3/c1-3-4-5-6-7-8-9-10-11-12-13-14-15-17-20-29-23-25-30(26-24-29)32(33)35-28(2)27-34-31-21-18-16-19-22-31/h16,18-19,21-26,28H,3-15,17,20,27H2,1-2H3. The summed E-state index contributed by atoms with van der Waals surface area (Å²) in [5, 5.41) is 0. The lowest BCUT2D eigenvalue weighted by atomic mass is 10.0. The highest BCUT2D eigenvalue weighted by Gasteiger charge is 2.12. The molecule has 0 fully saturated rings. The highest BCUT2D eigenvalue weighted by atomic mass is 16.6. The summed E-state index contributed by atoms with van der Waals surface area (Å²) in [5.74, 6) is 0.487. The number of unbranched alkanes of at least 4 members (excludes halogenated alkanes) is 13. The number of esters is 1. The largest absolute Gasteiger partial charge is 0.490 e. The molecule has 0 N–H and O–H groups in total. The van der Waals surface area contributed by atoms with Crippen molar-refractivity contribution in [3.05, 3.63) is 65.7 Å². The van der Waals surface area contributed by atoms with Crippen LogP contribution < -0.4 is 4.74 Å². The third kappa shape index (κ3) is 14.0. The minimum absolute atomic E-state index is 0.294. The molecule has 0 aliphatic rings. The number of carbonyl (C=O) groups is 1. The van der Waals surface area contributed by atoms with Gasteiger partial charge < -0.3 is 9.47 Å². The van der Waals surface area contributed by atoms with E-state index in [1.807, 2.05) is 49.4 Å². The molecule has 1 unspecified atom stereocenters. The number of benzene rings is 2. The summed E-state index contributed by atoms with van der Waals surface area (Å²) in [5.41, 5.74) is 1.89. The number of rotatable bonds is 20. The molecule has 2 rings (SSSR count). The van der Waals surface area contributed by atoms with Gasteiger partial charge >= 0.3 is 5.97 Å². The molecule has 0 saturated heterocycles. The van der Waals surface area contributed by atoms with Crippen molar-refractivity contribution in [3.8, 4) is 5.75 Å². The summed E-state index contributed by atoms with van der Waals surface area (Å²) < 4.78 is 11.2. The van der Waals surface area contributed by atoms with Crippen molar-refractivity contribution in [2.45, 2.75) is 116 Å². The zero-order chi connectivity index (χ0) is 25.0. The first-order chi connectivity index (χ1) is 17.2. The molecule has 0 bridgehead atoms. The van der Waals surface area contributed by atoms with E-state index >= 15 is 0 Å². The van der Waals surface area contributed by atoms with E-state index in [4.69, 9.17) is 9.47 Å². The van der Waals surface area contributed by atoms with Gasteiger partial charge in [-0.3, -0.25) is 0 Å². The quantitative estimate of drug-likeness (QED) is 0.140. The maximum absolute atomic E-state index is 12.4. The van der Waals surface area contributed by atoms with Crippen LogP contribution in [0.5, 0.6) is 5.75 Å². The van der Waals surface area contributed by atoms with Crippen molar-refractivity contribution in [2.75, 3.05) is 6.61 Å². The van der Waals surface area contributed by atoms with E-state index in [9.17, 15) is 4.79 Å². The molecule has 0 heterocycles. The molecular weight excluding hydrogens is 432 g/mol. The first-order valence-electron chi connectivity index (χ1n) is 14.2. The van der Waals surface area contributed by atoms with Crippen LogP contribution in [0.4, 0.5) is 0 Å². The molecule has 3 heteroatoms. The van der Waals surface area contributed by atoms with Crippen LogP contribution in [0.2, 0.25) is 0 Å². The summed E-state index contributed by atoms with van der Waals surface area (Å²) in [6, 6.07) is 17.5. The molecule has 194 valence electrons. The summed E-state index contributed by atoms with van der Waals surface area (Å²) in [6.45, 7) is 4.47.